The van der Waals surface area contributed by atoms with E-state index in [2.05, 4.69) is 21.3 Å². The first-order chi connectivity index (χ1) is 13.0. The minimum Gasteiger partial charge on any atom is -0.436 e. The molecule has 8 nitrogen and oxygen atoms in total. The molecule has 0 radical (unpaired) electrons. The number of anilines is 1. The molecule has 1 fully saturated rings. The molecule has 0 spiro atoms. The van der Waals surface area contributed by atoms with Gasteiger partial charge in [-0.15, -0.1) is 17.8 Å². The summed E-state index contributed by atoms with van der Waals surface area (Å²) in [6.07, 6.45) is 6.28. The Bertz CT molecular complexity index is 874. The van der Waals surface area contributed by atoms with Crippen molar-refractivity contribution in [1.29, 1.82) is 0 Å². The number of hydrogen-bond acceptors (Lipinski definition) is 6. The van der Waals surface area contributed by atoms with E-state index in [4.69, 9.17) is 11.2 Å². The quantitative estimate of drug-likeness (QED) is 0.814. The number of ether oxygens (including phenoxy) is 1. The number of carbonyl (C=O) groups is 2. The zero-order valence-corrected chi connectivity index (χ0v) is 16.1. The Morgan fingerprint density at radius 3 is 2.81 bits per heavy atom. The maximum atomic E-state index is 12.4. The average molecular weight is 387 g/mol. The minimum absolute atomic E-state index is 0.0140. The first kappa shape index (κ1) is 18.9. The second kappa shape index (κ2) is 8.22. The largest absolute Gasteiger partial charge is 0.436 e. The molecule has 0 aromatic carbocycles. The molecule has 3 heterocycles. The van der Waals surface area contributed by atoms with E-state index in [-0.39, 0.29) is 24.5 Å². The highest BCUT2D eigenvalue weighted by molar-refractivity contribution is 7.09. The molecule has 2 amide bonds. The van der Waals surface area contributed by atoms with E-state index in [0.717, 1.165) is 23.5 Å². The van der Waals surface area contributed by atoms with Gasteiger partial charge in [0.25, 0.3) is 5.91 Å². The number of rotatable bonds is 4. The highest BCUT2D eigenvalue weighted by Crippen LogP contribution is 2.30. The SMILES string of the molecule is C#CCOC(=O)N1CCC(c2nc(C(=O)Nc3cc(C)nn3C)cs2)CC1. The van der Waals surface area contributed by atoms with Crippen LogP contribution in [-0.2, 0) is 11.8 Å². The van der Waals surface area contributed by atoms with Crippen LogP contribution in [0.2, 0.25) is 0 Å². The van der Waals surface area contributed by atoms with Crippen LogP contribution in [0.1, 0.15) is 39.9 Å². The second-order valence-electron chi connectivity index (χ2n) is 6.34. The van der Waals surface area contributed by atoms with Crippen molar-refractivity contribution in [2.75, 3.05) is 25.0 Å². The van der Waals surface area contributed by atoms with Crippen LogP contribution < -0.4 is 5.32 Å². The number of nitrogens with one attached hydrogen (secondary N) is 1. The molecular formula is C18H21N5O3S. The Balaban J connectivity index is 1.57. The molecule has 0 aliphatic carbocycles. The molecule has 0 atom stereocenters. The summed E-state index contributed by atoms with van der Waals surface area (Å²) in [5.41, 5.74) is 1.23. The molecule has 2 aromatic rings. The predicted molar refractivity (Wildman–Crippen MR) is 102 cm³/mol. The topological polar surface area (TPSA) is 89.3 Å². The zero-order valence-electron chi connectivity index (χ0n) is 15.3. The average Bonchev–Trinajstić information content (AvgIpc) is 3.27. The van der Waals surface area contributed by atoms with Gasteiger partial charge < -0.3 is 15.0 Å². The maximum absolute atomic E-state index is 12.4. The lowest BCUT2D eigenvalue weighted by molar-refractivity contribution is 0.102. The smallest absolute Gasteiger partial charge is 0.410 e. The van der Waals surface area contributed by atoms with Gasteiger partial charge in [-0.1, -0.05) is 5.92 Å². The molecule has 0 unspecified atom stereocenters. The number of terminal acetylenes is 1. The van der Waals surface area contributed by atoms with Gasteiger partial charge in [0.2, 0.25) is 0 Å². The number of amides is 2. The fraction of sp³-hybridized carbons (Fsp3) is 0.444. The Morgan fingerprint density at radius 2 is 2.19 bits per heavy atom. The third-order valence-electron chi connectivity index (χ3n) is 4.38. The van der Waals surface area contributed by atoms with Gasteiger partial charge in [0.05, 0.1) is 10.7 Å². The maximum Gasteiger partial charge on any atom is 0.410 e. The lowest BCUT2D eigenvalue weighted by Crippen LogP contribution is -2.38. The summed E-state index contributed by atoms with van der Waals surface area (Å²) in [4.78, 5) is 30.4. The van der Waals surface area contributed by atoms with Crippen LogP contribution in [0.4, 0.5) is 10.6 Å². The summed E-state index contributed by atoms with van der Waals surface area (Å²) >= 11 is 1.47. The minimum atomic E-state index is -0.378. The van der Waals surface area contributed by atoms with Crippen LogP contribution in [-0.4, -0.2) is 51.4 Å². The van der Waals surface area contributed by atoms with E-state index in [1.165, 1.54) is 11.3 Å². The molecule has 1 saturated heterocycles. The number of hydrogen-bond donors (Lipinski definition) is 1. The van der Waals surface area contributed by atoms with Gasteiger partial charge >= 0.3 is 6.09 Å². The number of thiazole rings is 1. The van der Waals surface area contributed by atoms with Gasteiger partial charge in [0, 0.05) is 37.5 Å². The fourth-order valence-corrected chi connectivity index (χ4v) is 3.96. The number of carbonyl (C=O) groups excluding carboxylic acids is 2. The summed E-state index contributed by atoms with van der Waals surface area (Å²) in [7, 11) is 1.78. The van der Waals surface area contributed by atoms with Gasteiger partial charge in [-0.3, -0.25) is 9.48 Å². The van der Waals surface area contributed by atoms with Crippen LogP contribution in [0.5, 0.6) is 0 Å². The number of aryl methyl sites for hydroxylation is 2. The fourth-order valence-electron chi connectivity index (χ4n) is 2.99. The molecule has 1 aliphatic heterocycles. The van der Waals surface area contributed by atoms with Crippen molar-refractivity contribution in [2.45, 2.75) is 25.7 Å². The molecule has 2 aromatic heterocycles. The van der Waals surface area contributed by atoms with E-state index < -0.39 is 0 Å². The van der Waals surface area contributed by atoms with Crippen LogP contribution >= 0.6 is 11.3 Å². The predicted octanol–water partition coefficient (Wildman–Crippen LogP) is 2.39. The highest BCUT2D eigenvalue weighted by Gasteiger charge is 2.27. The van der Waals surface area contributed by atoms with E-state index in [9.17, 15) is 9.59 Å². The summed E-state index contributed by atoms with van der Waals surface area (Å²) in [5, 5.41) is 9.71. The summed E-state index contributed by atoms with van der Waals surface area (Å²) in [5.74, 6) is 2.89. The van der Waals surface area contributed by atoms with Crippen LogP contribution in [0, 0.1) is 19.3 Å². The lowest BCUT2D eigenvalue weighted by atomic mass is 9.98. The third-order valence-corrected chi connectivity index (χ3v) is 5.39. The molecule has 9 heteroatoms. The van der Waals surface area contributed by atoms with Crippen molar-refractivity contribution in [1.82, 2.24) is 19.7 Å². The standard InChI is InChI=1S/C18H21N5O3S/c1-4-9-26-18(25)23-7-5-13(6-8-23)17-19-14(11-27-17)16(24)20-15-10-12(2)21-22(15)3/h1,10-11,13H,5-9H2,2-3H3,(H,20,24). The Labute approximate surface area is 161 Å². The van der Waals surface area contributed by atoms with E-state index >= 15 is 0 Å². The van der Waals surface area contributed by atoms with Gasteiger partial charge in [0.1, 0.15) is 11.5 Å². The molecule has 27 heavy (non-hydrogen) atoms. The van der Waals surface area contributed by atoms with Gasteiger partial charge in [-0.2, -0.15) is 5.10 Å². The van der Waals surface area contributed by atoms with Gasteiger partial charge in [0.15, 0.2) is 6.61 Å². The zero-order chi connectivity index (χ0) is 19.4. The van der Waals surface area contributed by atoms with Gasteiger partial charge in [-0.25, -0.2) is 9.78 Å². The molecule has 1 aliphatic rings. The van der Waals surface area contributed by atoms with Crippen LogP contribution in [0.3, 0.4) is 0 Å². The molecular weight excluding hydrogens is 366 g/mol. The normalized spacial score (nSPS) is 14.6. The molecule has 0 bridgehead atoms. The van der Waals surface area contributed by atoms with Crippen molar-refractivity contribution in [3.8, 4) is 12.3 Å². The number of nitrogens with zero attached hydrogens (tertiary/aromatic N) is 4. The number of likely N-dealkylation sites (tertiary alicyclic amines) is 1. The Hall–Kier alpha value is -2.86. The summed E-state index contributed by atoms with van der Waals surface area (Å²) in [6, 6.07) is 1.81. The Morgan fingerprint density at radius 1 is 1.44 bits per heavy atom. The van der Waals surface area contributed by atoms with E-state index in [1.807, 2.05) is 6.92 Å². The third kappa shape index (κ3) is 4.46. The van der Waals surface area contributed by atoms with Crippen molar-refractivity contribution in [3.63, 3.8) is 0 Å². The van der Waals surface area contributed by atoms with Crippen molar-refractivity contribution in [3.05, 3.63) is 27.8 Å². The molecule has 1 N–H and O–H groups in total. The van der Waals surface area contributed by atoms with Crippen molar-refractivity contribution < 1.29 is 14.3 Å². The van der Waals surface area contributed by atoms with Crippen LogP contribution in [0.25, 0.3) is 0 Å². The number of piperidine rings is 1. The molecule has 0 saturated carbocycles. The van der Waals surface area contributed by atoms with Crippen molar-refractivity contribution in [2.24, 2.45) is 7.05 Å². The Kier molecular flexibility index (Phi) is 5.76. The lowest BCUT2D eigenvalue weighted by Gasteiger charge is -2.30. The van der Waals surface area contributed by atoms with Gasteiger partial charge in [-0.05, 0) is 19.8 Å². The number of aromatic nitrogens is 3. The van der Waals surface area contributed by atoms with E-state index in [0.29, 0.717) is 24.6 Å². The second-order valence-corrected chi connectivity index (χ2v) is 7.23. The first-order valence-electron chi connectivity index (χ1n) is 8.60. The first-order valence-corrected chi connectivity index (χ1v) is 9.48. The highest BCUT2D eigenvalue weighted by atomic mass is 32.1. The van der Waals surface area contributed by atoms with E-state index in [1.54, 1.807) is 28.1 Å². The molecule has 3 rings (SSSR count). The summed E-state index contributed by atoms with van der Waals surface area (Å²) in [6.45, 7) is 3.03. The summed E-state index contributed by atoms with van der Waals surface area (Å²) < 4.78 is 6.57. The van der Waals surface area contributed by atoms with Crippen LogP contribution in [0.15, 0.2) is 11.4 Å². The molecule has 142 valence electrons. The monoisotopic (exact) mass is 387 g/mol. The van der Waals surface area contributed by atoms with Crippen molar-refractivity contribution >= 4 is 29.2 Å².